The maximum atomic E-state index is 13.0. The number of fused-ring (bicyclic) bond motifs is 3. The summed E-state index contributed by atoms with van der Waals surface area (Å²) in [4.78, 5) is 14.9. The zero-order chi connectivity index (χ0) is 19.1. The van der Waals surface area contributed by atoms with E-state index in [9.17, 15) is 18.0 Å². The van der Waals surface area contributed by atoms with Gasteiger partial charge < -0.3 is 9.64 Å². The van der Waals surface area contributed by atoms with Crippen LogP contribution in [0.4, 0.5) is 13.2 Å². The van der Waals surface area contributed by atoms with E-state index in [1.54, 1.807) is 6.07 Å². The SMILES string of the molecule is CC(C)(C)CN(CC(F)(F)F)C(=O)c1cc2c(s1)-c1ccccc1OC2. The minimum atomic E-state index is -4.44. The number of rotatable bonds is 3. The average molecular weight is 383 g/mol. The topological polar surface area (TPSA) is 29.5 Å². The van der Waals surface area contributed by atoms with E-state index in [0.717, 1.165) is 26.7 Å². The number of benzene rings is 1. The van der Waals surface area contributed by atoms with Gasteiger partial charge >= 0.3 is 6.18 Å². The zero-order valence-electron chi connectivity index (χ0n) is 14.8. The number of halogens is 3. The largest absolute Gasteiger partial charge is 0.488 e. The highest BCUT2D eigenvalue weighted by Gasteiger charge is 2.36. The summed E-state index contributed by atoms with van der Waals surface area (Å²) >= 11 is 1.23. The molecule has 0 fully saturated rings. The molecule has 0 spiro atoms. The third-order valence-corrected chi connectivity index (χ3v) is 5.06. The quantitative estimate of drug-likeness (QED) is 0.714. The Hall–Kier alpha value is -2.02. The van der Waals surface area contributed by atoms with Crippen LogP contribution in [0.2, 0.25) is 0 Å². The van der Waals surface area contributed by atoms with E-state index in [1.165, 1.54) is 11.3 Å². The molecule has 140 valence electrons. The first-order chi connectivity index (χ1) is 12.0. The molecule has 0 saturated carbocycles. The van der Waals surface area contributed by atoms with Crippen molar-refractivity contribution < 1.29 is 22.7 Å². The molecule has 2 heterocycles. The number of amides is 1. The van der Waals surface area contributed by atoms with Crippen LogP contribution in [0.25, 0.3) is 10.4 Å². The molecule has 1 aliphatic rings. The number of carbonyl (C=O) groups is 1. The van der Waals surface area contributed by atoms with Gasteiger partial charge in [0.25, 0.3) is 5.91 Å². The predicted molar refractivity (Wildman–Crippen MR) is 95.5 cm³/mol. The molecule has 0 saturated heterocycles. The summed E-state index contributed by atoms with van der Waals surface area (Å²) in [5.74, 6) is 0.136. The fourth-order valence-electron chi connectivity index (χ4n) is 2.95. The van der Waals surface area contributed by atoms with Crippen molar-refractivity contribution >= 4 is 17.2 Å². The molecular weight excluding hydrogens is 363 g/mol. The lowest BCUT2D eigenvalue weighted by atomic mass is 9.96. The van der Waals surface area contributed by atoms with Gasteiger partial charge in [0.2, 0.25) is 0 Å². The second-order valence-corrected chi connectivity index (χ2v) is 8.64. The number of ether oxygens (including phenoxy) is 1. The number of carbonyl (C=O) groups excluding carboxylic acids is 1. The van der Waals surface area contributed by atoms with Gasteiger partial charge in [-0.25, -0.2) is 0 Å². The van der Waals surface area contributed by atoms with Crippen molar-refractivity contribution in [1.82, 2.24) is 4.90 Å². The molecule has 3 rings (SSSR count). The van der Waals surface area contributed by atoms with Gasteiger partial charge in [0, 0.05) is 22.5 Å². The van der Waals surface area contributed by atoms with Crippen molar-refractivity contribution in [2.75, 3.05) is 13.1 Å². The van der Waals surface area contributed by atoms with Crippen LogP contribution < -0.4 is 4.74 Å². The van der Waals surface area contributed by atoms with Gasteiger partial charge in [-0.05, 0) is 23.6 Å². The number of nitrogens with zero attached hydrogens (tertiary/aromatic N) is 1. The summed E-state index contributed by atoms with van der Waals surface area (Å²) < 4.78 is 44.6. The van der Waals surface area contributed by atoms with Crippen LogP contribution in [0.1, 0.15) is 36.0 Å². The molecule has 1 aromatic carbocycles. The van der Waals surface area contributed by atoms with E-state index < -0.39 is 24.0 Å². The van der Waals surface area contributed by atoms with Crippen LogP contribution in [0.5, 0.6) is 5.75 Å². The molecule has 1 aromatic heterocycles. The average Bonchev–Trinajstić information content (AvgIpc) is 2.95. The van der Waals surface area contributed by atoms with Gasteiger partial charge in [0.1, 0.15) is 18.9 Å². The fourth-order valence-corrected chi connectivity index (χ4v) is 4.11. The van der Waals surface area contributed by atoms with E-state index in [2.05, 4.69) is 0 Å². The van der Waals surface area contributed by atoms with Gasteiger partial charge in [-0.1, -0.05) is 32.9 Å². The van der Waals surface area contributed by atoms with Crippen LogP contribution in [0.3, 0.4) is 0 Å². The minimum absolute atomic E-state index is 0.0288. The van der Waals surface area contributed by atoms with Crippen molar-refractivity contribution in [1.29, 1.82) is 0 Å². The van der Waals surface area contributed by atoms with Crippen molar-refractivity contribution in [2.24, 2.45) is 5.41 Å². The van der Waals surface area contributed by atoms with Crippen molar-refractivity contribution in [3.05, 3.63) is 40.8 Å². The highest BCUT2D eigenvalue weighted by atomic mass is 32.1. The molecule has 3 nitrogen and oxygen atoms in total. The van der Waals surface area contributed by atoms with Gasteiger partial charge in [-0.2, -0.15) is 13.2 Å². The first-order valence-corrected chi connectivity index (χ1v) is 9.06. The molecule has 1 aliphatic heterocycles. The van der Waals surface area contributed by atoms with Crippen LogP contribution in [0.15, 0.2) is 30.3 Å². The second-order valence-electron chi connectivity index (χ2n) is 7.59. The molecule has 0 aliphatic carbocycles. The summed E-state index contributed by atoms with van der Waals surface area (Å²) in [6, 6.07) is 9.12. The van der Waals surface area contributed by atoms with Crippen molar-refractivity contribution in [3.8, 4) is 16.2 Å². The van der Waals surface area contributed by atoms with Crippen LogP contribution >= 0.6 is 11.3 Å². The molecule has 7 heteroatoms. The molecule has 1 amide bonds. The van der Waals surface area contributed by atoms with Gasteiger partial charge in [-0.3, -0.25) is 4.79 Å². The Balaban J connectivity index is 1.93. The van der Waals surface area contributed by atoms with E-state index in [-0.39, 0.29) is 6.54 Å². The lowest BCUT2D eigenvalue weighted by molar-refractivity contribution is -0.142. The molecule has 0 bridgehead atoms. The summed E-state index contributed by atoms with van der Waals surface area (Å²) in [5.41, 5.74) is 1.27. The Kier molecular flexibility index (Phi) is 4.77. The number of alkyl halides is 3. The smallest absolute Gasteiger partial charge is 0.406 e. The summed E-state index contributed by atoms with van der Waals surface area (Å²) in [5, 5.41) is 0. The van der Waals surface area contributed by atoms with Gasteiger partial charge in [-0.15, -0.1) is 11.3 Å². The zero-order valence-corrected chi connectivity index (χ0v) is 15.6. The monoisotopic (exact) mass is 383 g/mol. The Labute approximate surface area is 154 Å². The molecule has 2 aromatic rings. The second kappa shape index (κ2) is 6.61. The third-order valence-electron chi connectivity index (χ3n) is 3.86. The highest BCUT2D eigenvalue weighted by molar-refractivity contribution is 7.17. The lowest BCUT2D eigenvalue weighted by Crippen LogP contribution is -2.43. The molecule has 0 atom stereocenters. The Morgan fingerprint density at radius 3 is 2.54 bits per heavy atom. The fraction of sp³-hybridized carbons (Fsp3) is 0.421. The molecule has 0 N–H and O–H groups in total. The van der Waals surface area contributed by atoms with E-state index >= 15 is 0 Å². The lowest BCUT2D eigenvalue weighted by Gasteiger charge is -2.30. The predicted octanol–water partition coefficient (Wildman–Crippen LogP) is 5.36. The van der Waals surface area contributed by atoms with Crippen molar-refractivity contribution in [3.63, 3.8) is 0 Å². The summed E-state index contributed by atoms with van der Waals surface area (Å²) in [6.07, 6.45) is -4.44. The van der Waals surface area contributed by atoms with E-state index in [4.69, 9.17) is 4.74 Å². The number of thiophene rings is 1. The Morgan fingerprint density at radius 1 is 1.19 bits per heavy atom. The molecule has 0 unspecified atom stereocenters. The van der Waals surface area contributed by atoms with Crippen LogP contribution in [0, 0.1) is 5.41 Å². The summed E-state index contributed by atoms with van der Waals surface area (Å²) in [6.45, 7) is 4.53. The summed E-state index contributed by atoms with van der Waals surface area (Å²) in [7, 11) is 0. The third kappa shape index (κ3) is 4.20. The first kappa shape index (κ1) is 18.8. The van der Waals surface area contributed by atoms with Crippen LogP contribution in [-0.4, -0.2) is 30.1 Å². The maximum absolute atomic E-state index is 13.0. The number of hydrogen-bond donors (Lipinski definition) is 0. The Morgan fingerprint density at radius 2 is 1.88 bits per heavy atom. The van der Waals surface area contributed by atoms with Gasteiger partial charge in [0.05, 0.1) is 4.88 Å². The van der Waals surface area contributed by atoms with E-state index in [1.807, 2.05) is 45.0 Å². The maximum Gasteiger partial charge on any atom is 0.406 e. The Bertz CT molecular complexity index is 805. The molecular formula is C19H20F3NO2S. The highest BCUT2D eigenvalue weighted by Crippen LogP contribution is 2.42. The molecule has 26 heavy (non-hydrogen) atoms. The number of para-hydroxylation sites is 1. The minimum Gasteiger partial charge on any atom is -0.488 e. The normalized spacial score (nSPS) is 13.6. The van der Waals surface area contributed by atoms with Crippen molar-refractivity contribution in [2.45, 2.75) is 33.6 Å². The molecule has 0 radical (unpaired) electrons. The standard InChI is InChI=1S/C19H20F3NO2S/c1-18(2,3)10-23(11-19(20,21)22)17(24)15-8-12-9-25-14-7-5-4-6-13(14)16(12)26-15/h4-8H,9-11H2,1-3H3. The van der Waals surface area contributed by atoms with E-state index in [0.29, 0.717) is 11.5 Å². The first-order valence-electron chi connectivity index (χ1n) is 8.24. The van der Waals surface area contributed by atoms with Gasteiger partial charge in [0.15, 0.2) is 0 Å². The number of hydrogen-bond acceptors (Lipinski definition) is 3. The van der Waals surface area contributed by atoms with Crippen LogP contribution in [-0.2, 0) is 6.61 Å².